The molecule has 3 N–H and O–H groups in total. The van der Waals surface area contributed by atoms with Gasteiger partial charge in [-0.25, -0.2) is 15.4 Å². The molecular formula is C15H20N4. The molecule has 2 aromatic rings. The molecule has 100 valence electrons. The molecule has 0 radical (unpaired) electrons. The molecule has 19 heavy (non-hydrogen) atoms. The summed E-state index contributed by atoms with van der Waals surface area (Å²) in [6, 6.07) is 8.39. The van der Waals surface area contributed by atoms with Crippen LogP contribution in [0.4, 0.5) is 0 Å². The molecule has 0 aliphatic heterocycles. The van der Waals surface area contributed by atoms with E-state index in [1.165, 1.54) is 11.9 Å². The number of hydrogen-bond acceptors (Lipinski definition) is 4. The van der Waals surface area contributed by atoms with E-state index in [9.17, 15) is 0 Å². The molecule has 0 fully saturated rings. The molecule has 0 aliphatic carbocycles. The van der Waals surface area contributed by atoms with E-state index >= 15 is 0 Å². The fraction of sp³-hybridized carbons (Fsp3) is 0.333. The van der Waals surface area contributed by atoms with Crippen LogP contribution >= 0.6 is 0 Å². The van der Waals surface area contributed by atoms with E-state index in [2.05, 4.69) is 60.4 Å². The summed E-state index contributed by atoms with van der Waals surface area (Å²) in [6.07, 6.45) is 5.06. The topological polar surface area (TPSA) is 63.8 Å². The number of benzene rings is 1. The Morgan fingerprint density at radius 3 is 2.05 bits per heavy atom. The van der Waals surface area contributed by atoms with Crippen molar-refractivity contribution in [2.75, 3.05) is 0 Å². The maximum atomic E-state index is 5.66. The normalized spacial score (nSPS) is 13.3. The zero-order valence-electron chi connectivity index (χ0n) is 11.6. The highest BCUT2D eigenvalue weighted by atomic mass is 15.2. The van der Waals surface area contributed by atoms with E-state index in [0.29, 0.717) is 0 Å². The van der Waals surface area contributed by atoms with Gasteiger partial charge in [-0.3, -0.25) is 5.84 Å². The van der Waals surface area contributed by atoms with Crippen molar-refractivity contribution in [2.45, 2.75) is 32.2 Å². The van der Waals surface area contributed by atoms with Gasteiger partial charge in [0, 0.05) is 18.0 Å². The van der Waals surface area contributed by atoms with Gasteiger partial charge >= 0.3 is 0 Å². The van der Waals surface area contributed by atoms with Crippen molar-refractivity contribution < 1.29 is 0 Å². The van der Waals surface area contributed by atoms with E-state index in [4.69, 9.17) is 5.84 Å². The Kier molecular flexibility index (Phi) is 3.93. The molecule has 4 heteroatoms. The fourth-order valence-electron chi connectivity index (χ4n) is 2.02. The van der Waals surface area contributed by atoms with Crippen LogP contribution in [0.15, 0.2) is 43.0 Å². The summed E-state index contributed by atoms with van der Waals surface area (Å²) >= 11 is 0. The first-order valence-corrected chi connectivity index (χ1v) is 6.34. The first kappa shape index (κ1) is 13.6. The standard InChI is InChI=1S/C15H20N4/c1-15(2,3)13-6-4-11(5-7-13)14(19-16)12-8-17-10-18-9-12/h4-10,14,19H,16H2,1-3H3. The molecule has 0 spiro atoms. The first-order valence-electron chi connectivity index (χ1n) is 6.34. The molecule has 0 aliphatic rings. The van der Waals surface area contributed by atoms with Crippen LogP contribution in [0.3, 0.4) is 0 Å². The molecule has 4 nitrogen and oxygen atoms in total. The van der Waals surface area contributed by atoms with Gasteiger partial charge in [0.15, 0.2) is 0 Å². The van der Waals surface area contributed by atoms with Crippen LogP contribution in [0.1, 0.15) is 43.5 Å². The lowest BCUT2D eigenvalue weighted by Crippen LogP contribution is -2.29. The van der Waals surface area contributed by atoms with E-state index in [0.717, 1.165) is 11.1 Å². The van der Waals surface area contributed by atoms with Crippen molar-refractivity contribution in [2.24, 2.45) is 5.84 Å². The Balaban J connectivity index is 2.30. The predicted octanol–water partition coefficient (Wildman–Crippen LogP) is 2.33. The smallest absolute Gasteiger partial charge is 0.115 e. The predicted molar refractivity (Wildman–Crippen MR) is 76.3 cm³/mol. The quantitative estimate of drug-likeness (QED) is 0.653. The Morgan fingerprint density at radius 1 is 1.00 bits per heavy atom. The summed E-state index contributed by atoms with van der Waals surface area (Å²) in [5.41, 5.74) is 6.32. The summed E-state index contributed by atoms with van der Waals surface area (Å²) in [5, 5.41) is 0. The average Bonchev–Trinajstić information content (AvgIpc) is 2.40. The largest absolute Gasteiger partial charge is 0.271 e. The molecule has 0 amide bonds. The molecule has 1 unspecified atom stereocenters. The Hall–Kier alpha value is -1.78. The molecule has 1 heterocycles. The maximum absolute atomic E-state index is 5.66. The summed E-state index contributed by atoms with van der Waals surface area (Å²) in [6.45, 7) is 6.60. The minimum atomic E-state index is -0.0878. The second-order valence-corrected chi connectivity index (χ2v) is 5.64. The van der Waals surface area contributed by atoms with Gasteiger partial charge < -0.3 is 0 Å². The molecule has 2 rings (SSSR count). The number of nitrogens with two attached hydrogens (primary N) is 1. The van der Waals surface area contributed by atoms with E-state index in [1.54, 1.807) is 12.4 Å². The number of hydrazine groups is 1. The summed E-state index contributed by atoms with van der Waals surface area (Å²) in [5.74, 6) is 5.66. The summed E-state index contributed by atoms with van der Waals surface area (Å²) in [7, 11) is 0. The molecule has 1 atom stereocenters. The number of aromatic nitrogens is 2. The van der Waals surface area contributed by atoms with Gasteiger partial charge in [-0.15, -0.1) is 0 Å². The van der Waals surface area contributed by atoms with Crippen LogP contribution in [0.25, 0.3) is 0 Å². The fourth-order valence-corrected chi connectivity index (χ4v) is 2.02. The van der Waals surface area contributed by atoms with Gasteiger partial charge in [0.1, 0.15) is 6.33 Å². The number of rotatable bonds is 3. The maximum Gasteiger partial charge on any atom is 0.115 e. The first-order chi connectivity index (χ1) is 9.02. The second-order valence-electron chi connectivity index (χ2n) is 5.64. The Bertz CT molecular complexity index is 514. The van der Waals surface area contributed by atoms with Gasteiger partial charge in [0.25, 0.3) is 0 Å². The molecule has 0 saturated heterocycles. The Morgan fingerprint density at radius 2 is 1.58 bits per heavy atom. The third-order valence-electron chi connectivity index (χ3n) is 3.19. The number of hydrogen-bond donors (Lipinski definition) is 2. The van der Waals surface area contributed by atoms with Crippen molar-refractivity contribution in [3.8, 4) is 0 Å². The highest BCUT2D eigenvalue weighted by molar-refractivity contribution is 5.33. The summed E-state index contributed by atoms with van der Waals surface area (Å²) in [4.78, 5) is 8.06. The van der Waals surface area contributed by atoms with Crippen LogP contribution < -0.4 is 11.3 Å². The number of nitrogens with one attached hydrogen (secondary N) is 1. The van der Waals surface area contributed by atoms with Gasteiger partial charge in [-0.2, -0.15) is 0 Å². The second kappa shape index (κ2) is 5.47. The third kappa shape index (κ3) is 3.16. The molecular weight excluding hydrogens is 236 g/mol. The van der Waals surface area contributed by atoms with Gasteiger partial charge in [-0.1, -0.05) is 45.0 Å². The molecule has 0 saturated carbocycles. The zero-order valence-corrected chi connectivity index (χ0v) is 11.6. The SMILES string of the molecule is CC(C)(C)c1ccc(C(NN)c2cncnc2)cc1. The van der Waals surface area contributed by atoms with Gasteiger partial charge in [0.2, 0.25) is 0 Å². The lowest BCUT2D eigenvalue weighted by molar-refractivity contribution is 0.587. The summed E-state index contributed by atoms with van der Waals surface area (Å²) < 4.78 is 0. The van der Waals surface area contributed by atoms with Crippen LogP contribution in [0.5, 0.6) is 0 Å². The van der Waals surface area contributed by atoms with E-state index < -0.39 is 0 Å². The van der Waals surface area contributed by atoms with Crippen molar-refractivity contribution in [1.29, 1.82) is 0 Å². The van der Waals surface area contributed by atoms with Crippen LogP contribution in [-0.2, 0) is 5.41 Å². The van der Waals surface area contributed by atoms with E-state index in [-0.39, 0.29) is 11.5 Å². The molecule has 0 bridgehead atoms. The molecule has 1 aromatic heterocycles. The van der Waals surface area contributed by atoms with Crippen molar-refractivity contribution in [1.82, 2.24) is 15.4 Å². The monoisotopic (exact) mass is 256 g/mol. The van der Waals surface area contributed by atoms with Crippen LogP contribution in [0, 0.1) is 0 Å². The minimum absolute atomic E-state index is 0.0878. The third-order valence-corrected chi connectivity index (χ3v) is 3.19. The van der Waals surface area contributed by atoms with Crippen molar-refractivity contribution in [3.63, 3.8) is 0 Å². The van der Waals surface area contributed by atoms with Crippen LogP contribution in [0.2, 0.25) is 0 Å². The van der Waals surface area contributed by atoms with Crippen LogP contribution in [-0.4, -0.2) is 9.97 Å². The molecule has 1 aromatic carbocycles. The highest BCUT2D eigenvalue weighted by Crippen LogP contribution is 2.25. The highest BCUT2D eigenvalue weighted by Gasteiger charge is 2.16. The van der Waals surface area contributed by atoms with Gasteiger partial charge in [0.05, 0.1) is 6.04 Å². The van der Waals surface area contributed by atoms with Crippen molar-refractivity contribution in [3.05, 3.63) is 59.7 Å². The lowest BCUT2D eigenvalue weighted by atomic mass is 9.86. The average molecular weight is 256 g/mol. The lowest BCUT2D eigenvalue weighted by Gasteiger charge is -2.21. The number of nitrogens with zero attached hydrogens (tertiary/aromatic N) is 2. The zero-order chi connectivity index (χ0) is 13.9. The van der Waals surface area contributed by atoms with E-state index in [1.807, 2.05) is 0 Å². The minimum Gasteiger partial charge on any atom is -0.271 e. The van der Waals surface area contributed by atoms with Gasteiger partial charge in [-0.05, 0) is 16.5 Å². The van der Waals surface area contributed by atoms with Crippen molar-refractivity contribution >= 4 is 0 Å². The Labute approximate surface area is 114 Å².